The highest BCUT2D eigenvalue weighted by atomic mass is 127. The molecule has 1 saturated heterocycles. The smallest absolute Gasteiger partial charge is 0.227 e. The number of hydrogen-bond acceptors (Lipinski definition) is 3. The van der Waals surface area contributed by atoms with Crippen molar-refractivity contribution in [2.75, 3.05) is 31.5 Å². The topological polar surface area (TPSA) is 69.6 Å². The quantitative estimate of drug-likeness (QED) is 0.380. The minimum Gasteiger partial charge on any atom is -0.357 e. The van der Waals surface area contributed by atoms with Gasteiger partial charge in [-0.3, -0.25) is 9.79 Å². The molecule has 150 valence electrons. The van der Waals surface area contributed by atoms with Gasteiger partial charge in [0.2, 0.25) is 5.91 Å². The number of anilines is 1. The first kappa shape index (κ1) is 21.9. The molecule has 1 aromatic rings. The number of rotatable bonds is 5. The van der Waals surface area contributed by atoms with Crippen LogP contribution in [-0.4, -0.2) is 47.9 Å². The van der Waals surface area contributed by atoms with Crippen molar-refractivity contribution in [2.45, 2.75) is 52.4 Å². The van der Waals surface area contributed by atoms with E-state index in [9.17, 15) is 4.79 Å². The van der Waals surface area contributed by atoms with Gasteiger partial charge < -0.3 is 15.5 Å². The molecule has 2 N–H and O–H groups in total. The molecule has 1 aliphatic carbocycles. The summed E-state index contributed by atoms with van der Waals surface area (Å²) in [6.07, 6.45) is 8.84. The average Bonchev–Trinajstić information content (AvgIpc) is 3.26. The van der Waals surface area contributed by atoms with Crippen LogP contribution in [0.5, 0.6) is 0 Å². The van der Waals surface area contributed by atoms with Crippen LogP contribution in [0.2, 0.25) is 0 Å². The van der Waals surface area contributed by atoms with Crippen molar-refractivity contribution in [3.8, 4) is 0 Å². The van der Waals surface area contributed by atoms with Gasteiger partial charge in [-0.2, -0.15) is 0 Å². The summed E-state index contributed by atoms with van der Waals surface area (Å²) < 4.78 is 0. The van der Waals surface area contributed by atoms with E-state index in [1.165, 1.54) is 32.1 Å². The first-order valence-corrected chi connectivity index (χ1v) is 9.86. The molecule has 0 unspecified atom stereocenters. The first-order valence-electron chi connectivity index (χ1n) is 9.86. The maximum absolute atomic E-state index is 12.1. The molecule has 27 heavy (non-hydrogen) atoms. The van der Waals surface area contributed by atoms with E-state index in [0.717, 1.165) is 31.2 Å². The van der Waals surface area contributed by atoms with Gasteiger partial charge in [-0.05, 0) is 50.2 Å². The molecular weight excluding hydrogens is 453 g/mol. The Morgan fingerprint density at radius 2 is 2.07 bits per heavy atom. The molecule has 1 aliphatic heterocycles. The number of nitrogens with one attached hydrogen (secondary N) is 2. The fourth-order valence-electron chi connectivity index (χ4n) is 4.09. The summed E-state index contributed by atoms with van der Waals surface area (Å²) in [5.74, 6) is 1.51. The Kier molecular flexibility index (Phi) is 8.31. The predicted octanol–water partition coefficient (Wildman–Crippen LogP) is 3.57. The van der Waals surface area contributed by atoms with Crippen LogP contribution in [0.4, 0.5) is 5.82 Å². The molecule has 2 aliphatic rings. The molecule has 1 saturated carbocycles. The van der Waals surface area contributed by atoms with E-state index in [-0.39, 0.29) is 29.9 Å². The van der Waals surface area contributed by atoms with Gasteiger partial charge in [-0.25, -0.2) is 4.98 Å². The van der Waals surface area contributed by atoms with E-state index >= 15 is 0 Å². The summed E-state index contributed by atoms with van der Waals surface area (Å²) in [6, 6.07) is 3.77. The molecule has 0 atom stereocenters. The standard InChI is InChI=1S/C20H31N5O.HI/c1-3-21-19(25-13-11-20(15-25)9-4-5-10-20)22-12-8-18(26)24-17-7-6-16(2)14-23-17;/h6-7,14H,3-5,8-13,15H2,1-2H3,(H,21,22)(H,23,24,26);1H. The van der Waals surface area contributed by atoms with E-state index < -0.39 is 0 Å². The molecule has 1 amide bonds. The van der Waals surface area contributed by atoms with Crippen LogP contribution in [0.3, 0.4) is 0 Å². The fraction of sp³-hybridized carbons (Fsp3) is 0.650. The molecule has 1 aromatic heterocycles. The third-order valence-corrected chi connectivity index (χ3v) is 5.52. The largest absolute Gasteiger partial charge is 0.357 e. The van der Waals surface area contributed by atoms with Gasteiger partial charge in [-0.1, -0.05) is 18.9 Å². The molecule has 0 bridgehead atoms. The number of nitrogens with zero attached hydrogens (tertiary/aromatic N) is 3. The summed E-state index contributed by atoms with van der Waals surface area (Å²) >= 11 is 0. The lowest BCUT2D eigenvalue weighted by molar-refractivity contribution is -0.116. The number of likely N-dealkylation sites (tertiary alicyclic amines) is 1. The second-order valence-corrected chi connectivity index (χ2v) is 7.63. The van der Waals surface area contributed by atoms with E-state index in [1.54, 1.807) is 6.20 Å². The van der Waals surface area contributed by atoms with Crippen molar-refractivity contribution in [2.24, 2.45) is 10.4 Å². The van der Waals surface area contributed by atoms with Crippen molar-refractivity contribution < 1.29 is 4.79 Å². The molecule has 0 aromatic carbocycles. The third-order valence-electron chi connectivity index (χ3n) is 5.52. The monoisotopic (exact) mass is 485 g/mol. The van der Waals surface area contributed by atoms with Crippen LogP contribution >= 0.6 is 24.0 Å². The minimum atomic E-state index is -0.0466. The predicted molar refractivity (Wildman–Crippen MR) is 121 cm³/mol. The van der Waals surface area contributed by atoms with Crippen molar-refractivity contribution in [1.82, 2.24) is 15.2 Å². The van der Waals surface area contributed by atoms with Crippen LogP contribution < -0.4 is 10.6 Å². The average molecular weight is 485 g/mol. The van der Waals surface area contributed by atoms with Crippen LogP contribution in [-0.2, 0) is 4.79 Å². The zero-order valence-electron chi connectivity index (χ0n) is 16.5. The highest BCUT2D eigenvalue weighted by Gasteiger charge is 2.41. The number of aliphatic imine (C=N–C) groups is 1. The summed E-state index contributed by atoms with van der Waals surface area (Å²) in [5, 5.41) is 6.22. The number of halogens is 1. The molecule has 7 heteroatoms. The zero-order valence-corrected chi connectivity index (χ0v) is 18.8. The van der Waals surface area contributed by atoms with Gasteiger partial charge in [0.25, 0.3) is 0 Å². The number of aryl methyl sites for hydroxylation is 1. The number of amides is 1. The molecule has 6 nitrogen and oxygen atoms in total. The van der Waals surface area contributed by atoms with Gasteiger partial charge in [0, 0.05) is 32.3 Å². The summed E-state index contributed by atoms with van der Waals surface area (Å²) in [7, 11) is 0. The maximum Gasteiger partial charge on any atom is 0.227 e. The number of pyridine rings is 1. The Bertz CT molecular complexity index is 640. The van der Waals surface area contributed by atoms with Crippen molar-refractivity contribution in [3.63, 3.8) is 0 Å². The van der Waals surface area contributed by atoms with E-state index in [0.29, 0.717) is 24.2 Å². The lowest BCUT2D eigenvalue weighted by atomic mass is 9.86. The molecule has 2 fully saturated rings. The number of aromatic nitrogens is 1. The number of hydrogen-bond donors (Lipinski definition) is 2. The summed E-state index contributed by atoms with van der Waals surface area (Å²) in [4.78, 5) is 23.4. The van der Waals surface area contributed by atoms with Crippen molar-refractivity contribution in [3.05, 3.63) is 23.9 Å². The fourth-order valence-corrected chi connectivity index (χ4v) is 4.09. The lowest BCUT2D eigenvalue weighted by Gasteiger charge is -2.25. The summed E-state index contributed by atoms with van der Waals surface area (Å²) in [5.41, 5.74) is 1.60. The molecule has 3 rings (SSSR count). The van der Waals surface area contributed by atoms with Crippen LogP contribution in [0.25, 0.3) is 0 Å². The Labute approximate surface area is 179 Å². The van der Waals surface area contributed by atoms with Crippen LogP contribution in [0.1, 0.15) is 51.0 Å². The third kappa shape index (κ3) is 6.05. The Balaban J connectivity index is 0.00000261. The number of guanidine groups is 1. The highest BCUT2D eigenvalue weighted by molar-refractivity contribution is 14.0. The Morgan fingerprint density at radius 3 is 2.74 bits per heavy atom. The van der Waals surface area contributed by atoms with E-state index in [1.807, 2.05) is 19.1 Å². The zero-order chi connectivity index (χ0) is 18.4. The number of carbonyl (C=O) groups excluding carboxylic acids is 1. The van der Waals surface area contributed by atoms with Crippen LogP contribution in [0, 0.1) is 12.3 Å². The highest BCUT2D eigenvalue weighted by Crippen LogP contribution is 2.45. The molecular formula is C20H32IN5O. The maximum atomic E-state index is 12.1. The van der Waals surface area contributed by atoms with Gasteiger partial charge in [0.1, 0.15) is 5.82 Å². The number of carbonyl (C=O) groups is 1. The van der Waals surface area contributed by atoms with Gasteiger partial charge in [0.05, 0.1) is 6.54 Å². The normalized spacial score (nSPS) is 18.4. The minimum absolute atomic E-state index is 0. The Hall–Kier alpha value is -1.38. The van der Waals surface area contributed by atoms with Gasteiger partial charge in [0.15, 0.2) is 5.96 Å². The van der Waals surface area contributed by atoms with Gasteiger partial charge >= 0.3 is 0 Å². The second-order valence-electron chi connectivity index (χ2n) is 7.63. The van der Waals surface area contributed by atoms with Crippen LogP contribution in [0.15, 0.2) is 23.3 Å². The van der Waals surface area contributed by atoms with Gasteiger partial charge in [-0.15, -0.1) is 24.0 Å². The van der Waals surface area contributed by atoms with Crippen molar-refractivity contribution >= 4 is 41.7 Å². The second kappa shape index (κ2) is 10.2. The SMILES string of the molecule is CCNC(=NCCC(=O)Nc1ccc(C)cn1)N1CCC2(CCCC2)C1.I. The molecule has 1 spiro atoms. The first-order chi connectivity index (χ1) is 12.6. The molecule has 2 heterocycles. The van der Waals surface area contributed by atoms with E-state index in [2.05, 4.69) is 27.4 Å². The van der Waals surface area contributed by atoms with E-state index in [4.69, 9.17) is 4.99 Å². The Morgan fingerprint density at radius 1 is 1.30 bits per heavy atom. The lowest BCUT2D eigenvalue weighted by Crippen LogP contribution is -2.41. The molecule has 0 radical (unpaired) electrons. The van der Waals surface area contributed by atoms with Crippen molar-refractivity contribution in [1.29, 1.82) is 0 Å². The summed E-state index contributed by atoms with van der Waals surface area (Å²) in [6.45, 7) is 7.59.